The standard InChI is InChI=1S/C23H34O.C19H30O.C17H26O.C16H24O2.C16H26O.C15H24O/c1-5-16(2)20-6-8-21(9-7-20)22(3,4)24-23-13-17-10-18(14-23)12-19(11-17)15-23;1-5-15(2)16-11-13-17(14-12-16)19(3,4)20-18-9-7-6-8-10-18;1-4-14(3)15-5-7-16(8-6-15)17(18)11-9-13(2)10-12-17;1-3-12(2)13-4-6-14(7-5-13)16(18)10-8-15(17)9-11-16;1-7-13(4)14-8-10-15(11-9-14)16(5,6)17-12(2)3;1-6-12(3)13-8-10-14(11-9-13)15(4,5)16-7-2/h6-9,16-19H,5,10-15H2,1-4H3;11-15,18H,5-10H2,1-4H3;5-8,13-14,18H,4,9-12H2,1-3H3;4-7,12,15,17-18H,3,8-11H2,1-2H3;8-13H,7H2,1-6H3;8-12H,6-7H2,1-5H3. The lowest BCUT2D eigenvalue weighted by atomic mass is 9.54. The number of hydrogen-bond donors (Lipinski definition) is 3. The van der Waals surface area contributed by atoms with Gasteiger partial charge in [-0.25, -0.2) is 0 Å². The second-order valence-electron chi connectivity index (χ2n) is 38.8. The normalized spacial score (nSPS) is 24.7. The second kappa shape index (κ2) is 43.7. The number of hydrogen-bond acceptors (Lipinski definition) is 7. The Balaban J connectivity index is 0.000000189. The fourth-order valence-electron chi connectivity index (χ4n) is 18.9. The third-order valence-electron chi connectivity index (χ3n) is 27.8. The van der Waals surface area contributed by atoms with Crippen molar-refractivity contribution in [1.29, 1.82) is 0 Å². The number of benzene rings is 6. The maximum Gasteiger partial charge on any atom is 0.0898 e. The van der Waals surface area contributed by atoms with E-state index >= 15 is 0 Å². The van der Waals surface area contributed by atoms with Crippen LogP contribution in [0.1, 0.15) is 429 Å². The summed E-state index contributed by atoms with van der Waals surface area (Å²) in [6.07, 6.45) is 29.2. The van der Waals surface area contributed by atoms with Gasteiger partial charge in [0.05, 0.1) is 57.5 Å². The van der Waals surface area contributed by atoms with Gasteiger partial charge in [0.25, 0.3) is 0 Å². The molecule has 0 radical (unpaired) electrons. The van der Waals surface area contributed by atoms with Crippen LogP contribution in [-0.2, 0) is 52.6 Å². The van der Waals surface area contributed by atoms with Crippen LogP contribution < -0.4 is 0 Å². The zero-order chi connectivity index (χ0) is 83.1. The van der Waals surface area contributed by atoms with Crippen LogP contribution in [0.3, 0.4) is 0 Å². The van der Waals surface area contributed by atoms with E-state index in [0.29, 0.717) is 67.3 Å². The van der Waals surface area contributed by atoms with E-state index in [0.717, 1.165) is 73.5 Å². The summed E-state index contributed by atoms with van der Waals surface area (Å²) in [6, 6.07) is 53.0. The summed E-state index contributed by atoms with van der Waals surface area (Å²) in [5.41, 5.74) is 13.8. The van der Waals surface area contributed by atoms with Crippen molar-refractivity contribution in [3.05, 3.63) is 212 Å². The molecule has 6 aromatic rings. The SMILES string of the molecule is CCC(C)c1ccc(C(C)(C)OC(C)C)cc1.CCC(C)c1ccc(C(C)(C)OC23CC4CC(CC(C4)C2)C3)cc1.CCC(C)c1ccc(C(C)(C)OC2CCCCC2)cc1.CCC(C)c1ccc(C2(O)CCC(C)CC2)cc1.CCC(C)c1ccc(C2(O)CCC(O)CC2)cc1.CCOC(C)(C)c1ccc(C(C)CC)cc1. The predicted octanol–water partition coefficient (Wildman–Crippen LogP) is 29.5. The molecule has 3 N–H and O–H groups in total. The zero-order valence-electron chi connectivity index (χ0n) is 76.2. The second-order valence-corrected chi connectivity index (χ2v) is 38.8. The maximum atomic E-state index is 10.7. The Morgan fingerprint density at radius 2 is 0.646 bits per heavy atom. The smallest absolute Gasteiger partial charge is 0.0898 e. The Kier molecular flexibility index (Phi) is 36.8. The zero-order valence-corrected chi connectivity index (χ0v) is 76.2. The molecule has 6 atom stereocenters. The van der Waals surface area contributed by atoms with Gasteiger partial charge in [0.15, 0.2) is 0 Å². The lowest BCUT2D eigenvalue weighted by Gasteiger charge is -2.58. The van der Waals surface area contributed by atoms with Crippen LogP contribution in [-0.4, -0.2) is 45.8 Å². The van der Waals surface area contributed by atoms with E-state index in [1.807, 2.05) is 6.92 Å². The van der Waals surface area contributed by atoms with Gasteiger partial charge in [-0.05, 0) is 343 Å². The fourth-order valence-corrected chi connectivity index (χ4v) is 18.9. The van der Waals surface area contributed by atoms with Gasteiger partial charge in [-0.2, -0.15) is 0 Å². The number of ether oxygens (including phenoxy) is 4. The summed E-state index contributed by atoms with van der Waals surface area (Å²) in [4.78, 5) is 0. The van der Waals surface area contributed by atoms with E-state index in [4.69, 9.17) is 18.9 Å². The summed E-state index contributed by atoms with van der Waals surface area (Å²) in [6.45, 7) is 53.7. The van der Waals surface area contributed by atoms with Gasteiger partial charge in [0.1, 0.15) is 0 Å². The first kappa shape index (κ1) is 95.2. The van der Waals surface area contributed by atoms with Crippen LogP contribution in [0, 0.1) is 23.7 Å². The minimum absolute atomic E-state index is 0.171. The van der Waals surface area contributed by atoms with Gasteiger partial charge in [-0.15, -0.1) is 0 Å². The van der Waals surface area contributed by atoms with Crippen molar-refractivity contribution in [2.75, 3.05) is 6.61 Å². The molecule has 0 heterocycles. The van der Waals surface area contributed by atoms with Gasteiger partial charge >= 0.3 is 0 Å². The number of rotatable bonds is 26. The van der Waals surface area contributed by atoms with Gasteiger partial charge in [0, 0.05) is 6.61 Å². The van der Waals surface area contributed by atoms with Crippen molar-refractivity contribution in [3.8, 4) is 0 Å². The van der Waals surface area contributed by atoms with Crippen molar-refractivity contribution in [3.63, 3.8) is 0 Å². The van der Waals surface area contributed by atoms with Crippen molar-refractivity contribution >= 4 is 0 Å². The van der Waals surface area contributed by atoms with Gasteiger partial charge in [0.2, 0.25) is 0 Å². The first-order chi connectivity index (χ1) is 53.4. The molecule has 0 aromatic heterocycles. The van der Waals surface area contributed by atoms with Crippen LogP contribution in [0.2, 0.25) is 0 Å². The molecule has 7 aliphatic rings. The van der Waals surface area contributed by atoms with E-state index in [1.165, 1.54) is 158 Å². The molecule has 0 spiro atoms. The topological polar surface area (TPSA) is 97.6 Å². The van der Waals surface area contributed by atoms with Crippen LogP contribution in [0.5, 0.6) is 0 Å². The Bertz CT molecular complexity index is 3500. The van der Waals surface area contributed by atoms with Gasteiger partial charge < -0.3 is 34.3 Å². The van der Waals surface area contributed by atoms with Crippen molar-refractivity contribution < 1.29 is 34.3 Å². The average Bonchev–Trinajstić information content (AvgIpc) is 0.738. The summed E-state index contributed by atoms with van der Waals surface area (Å²) in [7, 11) is 0. The Morgan fingerprint density at radius 1 is 0.363 bits per heavy atom. The summed E-state index contributed by atoms with van der Waals surface area (Å²) in [5.74, 6) is 7.35. The van der Waals surface area contributed by atoms with Crippen LogP contribution in [0.25, 0.3) is 0 Å². The first-order valence-electron chi connectivity index (χ1n) is 45.8. The molecular formula is C106H164O7. The quantitative estimate of drug-likeness (QED) is 0.0498. The highest BCUT2D eigenvalue weighted by atomic mass is 16.5. The Morgan fingerprint density at radius 3 is 0.947 bits per heavy atom. The van der Waals surface area contributed by atoms with E-state index in [-0.39, 0.29) is 40.2 Å². The van der Waals surface area contributed by atoms with Crippen LogP contribution in [0.15, 0.2) is 146 Å². The third-order valence-corrected chi connectivity index (χ3v) is 27.8. The molecule has 4 bridgehead atoms. The van der Waals surface area contributed by atoms with E-state index in [9.17, 15) is 15.3 Å². The molecule has 113 heavy (non-hydrogen) atoms. The molecule has 6 aromatic carbocycles. The molecule has 0 amide bonds. The molecule has 7 saturated carbocycles. The Labute approximate surface area is 692 Å². The van der Waals surface area contributed by atoms with Crippen molar-refractivity contribution in [2.45, 2.75) is 420 Å². The minimum Gasteiger partial charge on any atom is -0.393 e. The largest absolute Gasteiger partial charge is 0.393 e. The van der Waals surface area contributed by atoms with Gasteiger partial charge in [-0.1, -0.05) is 255 Å². The molecule has 13 rings (SSSR count). The fraction of sp³-hybridized carbons (Fsp3) is 0.660. The predicted molar refractivity (Wildman–Crippen MR) is 481 cm³/mol. The molecule has 630 valence electrons. The highest BCUT2D eigenvalue weighted by Gasteiger charge is 2.53. The molecule has 0 saturated heterocycles. The lowest BCUT2D eigenvalue weighted by molar-refractivity contribution is -0.219. The monoisotopic (exact) mass is 1550 g/mol. The highest BCUT2D eigenvalue weighted by Crippen LogP contribution is 2.59. The molecule has 7 nitrogen and oxygen atoms in total. The summed E-state index contributed by atoms with van der Waals surface area (Å²) in [5, 5.41) is 30.9. The summed E-state index contributed by atoms with van der Waals surface area (Å²) >= 11 is 0. The van der Waals surface area contributed by atoms with E-state index in [2.05, 4.69) is 305 Å². The molecule has 6 unspecified atom stereocenters. The Hall–Kier alpha value is -4.96. The minimum atomic E-state index is -0.729. The maximum absolute atomic E-state index is 10.7. The number of aliphatic hydroxyl groups excluding tert-OH is 1. The third kappa shape index (κ3) is 27.8. The first-order valence-corrected chi connectivity index (χ1v) is 45.8. The van der Waals surface area contributed by atoms with Crippen LogP contribution in [0.4, 0.5) is 0 Å². The summed E-state index contributed by atoms with van der Waals surface area (Å²) < 4.78 is 25.0. The average molecular weight is 1550 g/mol. The van der Waals surface area contributed by atoms with Crippen molar-refractivity contribution in [2.24, 2.45) is 23.7 Å². The molecule has 7 aliphatic carbocycles. The van der Waals surface area contributed by atoms with Gasteiger partial charge in [-0.3, -0.25) is 0 Å². The molecule has 0 aliphatic heterocycles. The van der Waals surface area contributed by atoms with E-state index < -0.39 is 11.2 Å². The highest BCUT2D eigenvalue weighted by molar-refractivity contribution is 5.34. The molecule has 7 fully saturated rings. The number of aliphatic hydroxyl groups is 3. The molecular weight excluding hydrogens is 1390 g/mol. The van der Waals surface area contributed by atoms with Crippen molar-refractivity contribution in [1.82, 2.24) is 0 Å². The van der Waals surface area contributed by atoms with Crippen LogP contribution >= 0.6 is 0 Å². The van der Waals surface area contributed by atoms with E-state index in [1.54, 1.807) is 0 Å². The molecule has 7 heteroatoms. The lowest BCUT2D eigenvalue weighted by Crippen LogP contribution is -2.54.